The summed E-state index contributed by atoms with van der Waals surface area (Å²) in [4.78, 5) is 10.3. The maximum absolute atomic E-state index is 14.9. The molecule has 0 radical (unpaired) electrons. The smallest absolute Gasteiger partial charge is 0.206 e. The Hall–Kier alpha value is -3.49. The van der Waals surface area contributed by atoms with E-state index in [1.807, 2.05) is 36.5 Å². The molecule has 248 valence electrons. The Kier molecular flexibility index (Phi) is 9.25. The molecule has 0 unspecified atom stereocenters. The van der Waals surface area contributed by atoms with Gasteiger partial charge in [0.1, 0.15) is 11.6 Å². The zero-order valence-electron chi connectivity index (χ0n) is 27.5. The molecule has 3 aliphatic rings. The van der Waals surface area contributed by atoms with Gasteiger partial charge in [0.2, 0.25) is 9.84 Å². The number of piperidine rings is 1. The van der Waals surface area contributed by atoms with Crippen LogP contribution in [0.5, 0.6) is 0 Å². The van der Waals surface area contributed by atoms with Crippen LogP contribution in [0.4, 0.5) is 10.1 Å². The minimum Gasteiger partial charge on any atom is -0.371 e. The number of sulfone groups is 1. The first-order valence-electron chi connectivity index (χ1n) is 17.5. The summed E-state index contributed by atoms with van der Waals surface area (Å²) in [6.45, 7) is 8.24. The largest absolute Gasteiger partial charge is 0.371 e. The lowest BCUT2D eigenvalue weighted by Crippen LogP contribution is -2.54. The molecule has 2 aliphatic heterocycles. The first-order chi connectivity index (χ1) is 22.9. The van der Waals surface area contributed by atoms with Gasteiger partial charge in [-0.3, -0.25) is 0 Å². The highest BCUT2D eigenvalue weighted by Gasteiger charge is 2.49. The average molecular weight is 655 g/mol. The van der Waals surface area contributed by atoms with E-state index in [1.165, 1.54) is 31.2 Å². The van der Waals surface area contributed by atoms with Gasteiger partial charge in [-0.25, -0.2) is 17.8 Å². The highest BCUT2D eigenvalue weighted by atomic mass is 32.2. The van der Waals surface area contributed by atoms with Gasteiger partial charge in [-0.1, -0.05) is 50.1 Å². The van der Waals surface area contributed by atoms with E-state index >= 15 is 0 Å². The third-order valence-corrected chi connectivity index (χ3v) is 13.1. The average Bonchev–Trinajstić information content (AvgIpc) is 3.79. The van der Waals surface area contributed by atoms with E-state index in [2.05, 4.69) is 38.5 Å². The van der Waals surface area contributed by atoms with Crippen LogP contribution in [0, 0.1) is 23.6 Å². The quantitative estimate of drug-likeness (QED) is 0.169. The molecule has 6 nitrogen and oxygen atoms in total. The minimum absolute atomic E-state index is 0.108. The number of aryl methyl sites for hydroxylation is 1. The van der Waals surface area contributed by atoms with Gasteiger partial charge in [-0.05, 0) is 105 Å². The lowest BCUT2D eigenvalue weighted by molar-refractivity contribution is 0.0639. The van der Waals surface area contributed by atoms with Crippen molar-refractivity contribution < 1.29 is 12.8 Å². The molecule has 7 rings (SSSR count). The van der Waals surface area contributed by atoms with Crippen LogP contribution in [-0.2, 0) is 28.2 Å². The van der Waals surface area contributed by atoms with Crippen LogP contribution in [0.1, 0.15) is 56.8 Å². The number of halogens is 1. The van der Waals surface area contributed by atoms with Crippen molar-refractivity contribution in [3.63, 3.8) is 0 Å². The Morgan fingerprint density at radius 2 is 1.53 bits per heavy atom. The number of hydrogen-bond donors (Lipinski definition) is 0. The monoisotopic (exact) mass is 654 g/mol. The predicted octanol–water partition coefficient (Wildman–Crippen LogP) is 7.39. The number of aromatic nitrogens is 2. The third kappa shape index (κ3) is 6.39. The molecule has 3 fully saturated rings. The lowest BCUT2D eigenvalue weighted by atomic mass is 9.59. The fourth-order valence-corrected chi connectivity index (χ4v) is 10.2. The van der Waals surface area contributed by atoms with Crippen LogP contribution < -0.4 is 4.90 Å². The molecule has 47 heavy (non-hydrogen) atoms. The summed E-state index contributed by atoms with van der Waals surface area (Å²) in [5.74, 6) is 2.61. The van der Waals surface area contributed by atoms with Gasteiger partial charge >= 0.3 is 0 Å². The predicted molar refractivity (Wildman–Crippen MR) is 185 cm³/mol. The molecule has 0 amide bonds. The molecule has 1 saturated carbocycles. The number of rotatable bonds is 11. The van der Waals surface area contributed by atoms with Crippen LogP contribution >= 0.6 is 0 Å². The summed E-state index contributed by atoms with van der Waals surface area (Å²) < 4.78 is 43.2. The second kappa shape index (κ2) is 13.6. The molecule has 1 atom stereocenters. The molecule has 0 spiro atoms. The molecule has 8 heteroatoms. The van der Waals surface area contributed by atoms with Crippen LogP contribution in [0.2, 0.25) is 0 Å². The number of imidazole rings is 1. The van der Waals surface area contributed by atoms with Crippen molar-refractivity contribution in [2.45, 2.75) is 73.6 Å². The molecular formula is C39H47FN4O2S. The van der Waals surface area contributed by atoms with Gasteiger partial charge in [0.15, 0.2) is 0 Å². The normalized spacial score (nSPS) is 19.9. The SMILES string of the molecule is CCc1nccn1C[C@](c1cccc(F)c1)(C1CCCC1)C1CCN(CC2CN(c3ccc(S(=O)(=O)c4ccccc4)cc3)C2)CC1. The first kappa shape index (κ1) is 32.1. The van der Waals surface area contributed by atoms with Gasteiger partial charge in [-0.2, -0.15) is 0 Å². The molecule has 2 saturated heterocycles. The van der Waals surface area contributed by atoms with Crippen molar-refractivity contribution in [1.29, 1.82) is 0 Å². The molecule has 0 N–H and O–H groups in total. The summed E-state index contributed by atoms with van der Waals surface area (Å²) in [5.41, 5.74) is 2.15. The summed E-state index contributed by atoms with van der Waals surface area (Å²) in [5, 5.41) is 0. The van der Waals surface area contributed by atoms with E-state index < -0.39 is 9.84 Å². The molecule has 3 aromatic carbocycles. The van der Waals surface area contributed by atoms with Crippen molar-refractivity contribution >= 4 is 15.5 Å². The topological polar surface area (TPSA) is 58.4 Å². The zero-order valence-corrected chi connectivity index (χ0v) is 28.3. The van der Waals surface area contributed by atoms with Crippen molar-refractivity contribution in [2.75, 3.05) is 37.6 Å². The zero-order chi connectivity index (χ0) is 32.4. The summed E-state index contributed by atoms with van der Waals surface area (Å²) in [6, 6.07) is 23.5. The van der Waals surface area contributed by atoms with E-state index in [4.69, 9.17) is 0 Å². The Labute approximate surface area is 279 Å². The van der Waals surface area contributed by atoms with Gasteiger partial charge in [0.25, 0.3) is 0 Å². The Morgan fingerprint density at radius 3 is 2.21 bits per heavy atom. The van der Waals surface area contributed by atoms with Crippen molar-refractivity contribution in [3.8, 4) is 0 Å². The minimum atomic E-state index is -3.51. The van der Waals surface area contributed by atoms with Crippen LogP contribution in [-0.4, -0.2) is 55.6 Å². The van der Waals surface area contributed by atoms with E-state index in [0.717, 1.165) is 70.0 Å². The van der Waals surface area contributed by atoms with E-state index in [9.17, 15) is 12.8 Å². The van der Waals surface area contributed by atoms with Crippen molar-refractivity contribution in [2.24, 2.45) is 17.8 Å². The number of hydrogen-bond acceptors (Lipinski definition) is 5. The standard InChI is InChI=1S/C39H47FN4O2S/c1-2-38-41-21-24-43(38)29-39(31-9-6-7-10-31,33-11-8-12-34(40)25-33)32-19-22-42(23-20-32)26-30-27-44(28-30)35-15-17-37(18-16-35)47(45,46)36-13-4-3-5-14-36/h3-5,8,11-18,21,24-25,30-32H,2,6-7,9-10,19-20,22-23,26-29H2,1H3/t39-/m0/s1. The number of anilines is 1. The second-order valence-corrected chi connectivity index (χ2v) is 16.0. The second-order valence-electron chi connectivity index (χ2n) is 14.0. The van der Waals surface area contributed by atoms with Crippen LogP contribution in [0.3, 0.4) is 0 Å². The van der Waals surface area contributed by atoms with Crippen molar-refractivity contribution in [1.82, 2.24) is 14.5 Å². The Balaban J connectivity index is 1.01. The Bertz CT molecular complexity index is 1740. The fourth-order valence-electron chi connectivity index (χ4n) is 8.92. The molecule has 1 aliphatic carbocycles. The van der Waals surface area contributed by atoms with Gasteiger partial charge < -0.3 is 14.4 Å². The molecular weight excluding hydrogens is 608 g/mol. The summed E-state index contributed by atoms with van der Waals surface area (Å²) in [7, 11) is -3.51. The lowest BCUT2D eigenvalue weighted by Gasteiger charge is -2.50. The van der Waals surface area contributed by atoms with Crippen molar-refractivity contribution in [3.05, 3.63) is 108 Å². The highest BCUT2D eigenvalue weighted by Crippen LogP contribution is 2.51. The number of likely N-dealkylation sites (tertiary alicyclic amines) is 1. The van der Waals surface area contributed by atoms with Gasteiger partial charge in [-0.15, -0.1) is 0 Å². The molecule has 3 heterocycles. The summed E-state index contributed by atoms with van der Waals surface area (Å²) in [6.07, 6.45) is 12.1. The third-order valence-electron chi connectivity index (χ3n) is 11.4. The Morgan fingerprint density at radius 1 is 0.851 bits per heavy atom. The maximum atomic E-state index is 14.9. The van der Waals surface area contributed by atoms with Crippen LogP contribution in [0.25, 0.3) is 0 Å². The van der Waals surface area contributed by atoms with Gasteiger partial charge in [0.05, 0.1) is 9.79 Å². The molecule has 0 bridgehead atoms. The highest BCUT2D eigenvalue weighted by molar-refractivity contribution is 7.91. The fraction of sp³-hybridized carbons (Fsp3) is 0.462. The van der Waals surface area contributed by atoms with E-state index in [-0.39, 0.29) is 11.2 Å². The molecule has 4 aromatic rings. The number of benzene rings is 3. The van der Waals surface area contributed by atoms with Crippen LogP contribution in [0.15, 0.2) is 101 Å². The molecule has 1 aromatic heterocycles. The van der Waals surface area contributed by atoms with E-state index in [0.29, 0.717) is 27.5 Å². The first-order valence-corrected chi connectivity index (χ1v) is 19.0. The number of nitrogens with zero attached hydrogens (tertiary/aromatic N) is 4. The van der Waals surface area contributed by atoms with E-state index in [1.54, 1.807) is 42.5 Å². The summed E-state index contributed by atoms with van der Waals surface area (Å²) >= 11 is 0. The van der Waals surface area contributed by atoms with Gasteiger partial charge in [0, 0.05) is 62.0 Å². The maximum Gasteiger partial charge on any atom is 0.206 e.